The molecule has 0 saturated carbocycles. The molecule has 2 heteroatoms. The van der Waals surface area contributed by atoms with E-state index in [-0.39, 0.29) is 0 Å². The lowest BCUT2D eigenvalue weighted by atomic mass is 9.95. The third-order valence-electron chi connectivity index (χ3n) is 13.3. The minimum absolute atomic E-state index is 1.15. The van der Waals surface area contributed by atoms with Gasteiger partial charge in [0.15, 0.2) is 0 Å². The zero-order valence-corrected chi connectivity index (χ0v) is 35.0. The lowest BCUT2D eigenvalue weighted by molar-refractivity contribution is 1.18. The van der Waals surface area contributed by atoms with E-state index in [2.05, 4.69) is 252 Å². The van der Waals surface area contributed by atoms with E-state index in [9.17, 15) is 0 Å². The van der Waals surface area contributed by atoms with Crippen LogP contribution in [0.2, 0.25) is 0 Å². The van der Waals surface area contributed by atoms with Crippen molar-refractivity contribution in [3.05, 3.63) is 243 Å². The van der Waals surface area contributed by atoms with Crippen molar-refractivity contribution in [2.75, 3.05) is 0 Å². The Morgan fingerprint density at radius 1 is 0.234 bits per heavy atom. The normalized spacial score (nSPS) is 11.8. The Morgan fingerprint density at radius 2 is 0.672 bits per heavy atom. The van der Waals surface area contributed by atoms with Crippen LogP contribution in [0.3, 0.4) is 0 Å². The van der Waals surface area contributed by atoms with Crippen LogP contribution in [0.25, 0.3) is 121 Å². The Bertz CT molecular complexity index is 3800. The zero-order valence-electron chi connectivity index (χ0n) is 35.0. The van der Waals surface area contributed by atoms with E-state index in [1.54, 1.807) is 0 Å². The van der Waals surface area contributed by atoms with Gasteiger partial charge in [0.05, 0.1) is 27.8 Å². The van der Waals surface area contributed by atoms with Crippen molar-refractivity contribution in [2.45, 2.75) is 0 Å². The predicted molar refractivity (Wildman–Crippen MR) is 272 cm³/mol. The summed E-state index contributed by atoms with van der Waals surface area (Å²) in [6.07, 6.45) is 0. The second-order valence-corrected chi connectivity index (χ2v) is 16.8. The fourth-order valence-corrected chi connectivity index (χ4v) is 10.4. The maximum absolute atomic E-state index is 2.48. The van der Waals surface area contributed by atoms with Gasteiger partial charge in [-0.1, -0.05) is 188 Å². The molecule has 0 unspecified atom stereocenters. The third-order valence-corrected chi connectivity index (χ3v) is 13.3. The first-order valence-corrected chi connectivity index (χ1v) is 22.1. The van der Waals surface area contributed by atoms with Gasteiger partial charge in [-0.05, 0) is 115 Å². The van der Waals surface area contributed by atoms with Crippen LogP contribution in [-0.2, 0) is 0 Å². The minimum Gasteiger partial charge on any atom is -0.309 e. The molecule has 0 saturated heterocycles. The van der Waals surface area contributed by atoms with Crippen molar-refractivity contribution in [3.8, 4) is 55.9 Å². The van der Waals surface area contributed by atoms with Crippen LogP contribution in [0, 0.1) is 0 Å². The summed E-state index contributed by atoms with van der Waals surface area (Å²) >= 11 is 0. The molecule has 13 rings (SSSR count). The molecule has 0 atom stereocenters. The van der Waals surface area contributed by atoms with Gasteiger partial charge < -0.3 is 9.13 Å². The van der Waals surface area contributed by atoms with Crippen molar-refractivity contribution in [1.29, 1.82) is 0 Å². The van der Waals surface area contributed by atoms with Crippen LogP contribution in [0.1, 0.15) is 0 Å². The van der Waals surface area contributed by atoms with Gasteiger partial charge in [-0.3, -0.25) is 0 Å². The van der Waals surface area contributed by atoms with Gasteiger partial charge in [0.25, 0.3) is 0 Å². The fraction of sp³-hybridized carbons (Fsp3) is 0. The van der Waals surface area contributed by atoms with E-state index < -0.39 is 0 Å². The predicted octanol–water partition coefficient (Wildman–Crippen LogP) is 16.9. The molecule has 11 aromatic carbocycles. The number of para-hydroxylation sites is 3. The standard InChI is InChI=1S/C62H40N2/c1-2-19-47(20-3-1)63-58-29-11-9-24-54(58)62-53(27-14-30-61(62)63)44-33-31-43(32-34-44)52-23-8-10-28-57(52)64-59-37-35-45(50-25-12-17-41-15-4-6-21-48(41)50)39-55(59)56-40-46(36-38-60(56)64)51-26-13-18-42-16-5-7-22-49(42)51/h1-40H. The first kappa shape index (κ1) is 36.2. The first-order valence-electron chi connectivity index (χ1n) is 22.1. The lowest BCUT2D eigenvalue weighted by Crippen LogP contribution is -1.97. The maximum atomic E-state index is 2.48. The van der Waals surface area contributed by atoms with Crippen LogP contribution >= 0.6 is 0 Å². The summed E-state index contributed by atoms with van der Waals surface area (Å²) in [4.78, 5) is 0. The molecule has 0 amide bonds. The van der Waals surface area contributed by atoms with Gasteiger partial charge in [-0.25, -0.2) is 0 Å². The Morgan fingerprint density at radius 3 is 1.33 bits per heavy atom. The summed E-state index contributed by atoms with van der Waals surface area (Å²) in [6, 6.07) is 89.0. The molecular weight excluding hydrogens is 773 g/mol. The minimum atomic E-state index is 1.15. The number of aromatic nitrogens is 2. The highest BCUT2D eigenvalue weighted by molar-refractivity contribution is 6.16. The molecule has 13 aromatic rings. The van der Waals surface area contributed by atoms with Crippen molar-refractivity contribution < 1.29 is 0 Å². The smallest absolute Gasteiger partial charge is 0.0547 e. The Kier molecular flexibility index (Phi) is 8.25. The number of nitrogens with zero attached hydrogens (tertiary/aromatic N) is 2. The van der Waals surface area contributed by atoms with Gasteiger partial charge in [-0.2, -0.15) is 0 Å². The Balaban J connectivity index is 0.984. The van der Waals surface area contributed by atoms with E-state index in [4.69, 9.17) is 0 Å². The second-order valence-electron chi connectivity index (χ2n) is 16.8. The largest absolute Gasteiger partial charge is 0.309 e. The summed E-state index contributed by atoms with van der Waals surface area (Å²) < 4.78 is 4.87. The molecule has 0 aliphatic carbocycles. The molecule has 0 aliphatic heterocycles. The number of rotatable bonds is 6. The van der Waals surface area contributed by atoms with Crippen LogP contribution in [0.15, 0.2) is 243 Å². The van der Waals surface area contributed by atoms with Crippen LogP contribution in [0.4, 0.5) is 0 Å². The molecule has 0 bridgehead atoms. The Labute approximate surface area is 371 Å². The van der Waals surface area contributed by atoms with Crippen molar-refractivity contribution in [1.82, 2.24) is 9.13 Å². The first-order chi connectivity index (χ1) is 31.8. The van der Waals surface area contributed by atoms with E-state index in [0.29, 0.717) is 0 Å². The number of hydrogen-bond donors (Lipinski definition) is 0. The molecule has 2 heterocycles. The monoisotopic (exact) mass is 812 g/mol. The van der Waals surface area contributed by atoms with E-state index in [0.717, 1.165) is 11.4 Å². The molecule has 2 aromatic heterocycles. The topological polar surface area (TPSA) is 9.86 Å². The highest BCUT2D eigenvalue weighted by atomic mass is 15.0. The summed E-state index contributed by atoms with van der Waals surface area (Å²) in [5.41, 5.74) is 16.8. The van der Waals surface area contributed by atoms with Gasteiger partial charge in [0, 0.05) is 32.8 Å². The van der Waals surface area contributed by atoms with Gasteiger partial charge >= 0.3 is 0 Å². The number of hydrogen-bond acceptors (Lipinski definition) is 0. The van der Waals surface area contributed by atoms with Gasteiger partial charge in [0.2, 0.25) is 0 Å². The average molecular weight is 813 g/mol. The second kappa shape index (κ2) is 14.6. The quantitative estimate of drug-likeness (QED) is 0.158. The fourth-order valence-electron chi connectivity index (χ4n) is 10.4. The number of benzene rings is 11. The zero-order chi connectivity index (χ0) is 42.1. The van der Waals surface area contributed by atoms with Gasteiger partial charge in [0.1, 0.15) is 0 Å². The summed E-state index contributed by atoms with van der Waals surface area (Å²) in [5, 5.41) is 10.0. The summed E-state index contributed by atoms with van der Waals surface area (Å²) in [6.45, 7) is 0. The SMILES string of the molecule is c1ccc(-n2c3ccccc3c3c(-c4ccc(-c5ccccc5-n5c6ccc(-c7cccc8ccccc78)cc6c6cc(-c7cccc8ccccc78)ccc65)cc4)cccc32)cc1. The maximum Gasteiger partial charge on any atom is 0.0547 e. The van der Waals surface area contributed by atoms with E-state index in [1.807, 2.05) is 0 Å². The van der Waals surface area contributed by atoms with Crippen LogP contribution in [-0.4, -0.2) is 9.13 Å². The Hall–Kier alpha value is -8.46. The molecular formula is C62H40N2. The summed E-state index contributed by atoms with van der Waals surface area (Å²) in [7, 11) is 0. The third kappa shape index (κ3) is 5.66. The molecule has 64 heavy (non-hydrogen) atoms. The number of fused-ring (bicyclic) bond motifs is 8. The molecule has 0 fully saturated rings. The van der Waals surface area contributed by atoms with Crippen molar-refractivity contribution in [2.24, 2.45) is 0 Å². The van der Waals surface area contributed by atoms with E-state index in [1.165, 1.54) is 110 Å². The highest BCUT2D eigenvalue weighted by Crippen LogP contribution is 2.43. The molecule has 0 N–H and O–H groups in total. The van der Waals surface area contributed by atoms with Crippen molar-refractivity contribution in [3.63, 3.8) is 0 Å². The lowest BCUT2D eigenvalue weighted by Gasteiger charge is -2.15. The molecule has 298 valence electrons. The summed E-state index contributed by atoms with van der Waals surface area (Å²) in [5.74, 6) is 0. The molecule has 2 nitrogen and oxygen atoms in total. The molecule has 0 spiro atoms. The van der Waals surface area contributed by atoms with E-state index >= 15 is 0 Å². The van der Waals surface area contributed by atoms with Gasteiger partial charge in [-0.15, -0.1) is 0 Å². The van der Waals surface area contributed by atoms with Crippen molar-refractivity contribution >= 4 is 65.2 Å². The molecule has 0 radical (unpaired) electrons. The average Bonchev–Trinajstić information content (AvgIpc) is 3.88. The molecule has 0 aliphatic rings. The highest BCUT2D eigenvalue weighted by Gasteiger charge is 2.20. The van der Waals surface area contributed by atoms with Crippen LogP contribution < -0.4 is 0 Å². The van der Waals surface area contributed by atoms with Crippen LogP contribution in [0.5, 0.6) is 0 Å².